The van der Waals surface area contributed by atoms with Crippen LogP contribution in [0, 0.1) is 0 Å². The van der Waals surface area contributed by atoms with Gasteiger partial charge < -0.3 is 15.4 Å². The van der Waals surface area contributed by atoms with Gasteiger partial charge in [-0.2, -0.15) is 0 Å². The molecule has 3 aromatic rings. The lowest BCUT2D eigenvalue weighted by Crippen LogP contribution is -2.31. The quantitative estimate of drug-likeness (QED) is 0.314. The zero-order chi connectivity index (χ0) is 26.8. The van der Waals surface area contributed by atoms with Crippen LogP contribution in [0.4, 0.5) is 0 Å². The van der Waals surface area contributed by atoms with Crippen molar-refractivity contribution in [2.24, 2.45) is 0 Å². The summed E-state index contributed by atoms with van der Waals surface area (Å²) >= 11 is 5.86. The van der Waals surface area contributed by atoms with Crippen LogP contribution < -0.4 is 15.4 Å². The molecule has 3 N–H and O–H groups in total. The van der Waals surface area contributed by atoms with E-state index in [1.165, 1.54) is 43.5 Å². The average molecular weight is 545 g/mol. The molecule has 194 valence electrons. The Kier molecular flexibility index (Phi) is 9.72. The van der Waals surface area contributed by atoms with Gasteiger partial charge in [0.2, 0.25) is 0 Å². The molecule has 3 rings (SSSR count). The van der Waals surface area contributed by atoms with Crippen LogP contribution in [-0.4, -0.2) is 57.9 Å². The van der Waals surface area contributed by atoms with Crippen molar-refractivity contribution >= 4 is 39.3 Å². The zero-order valence-electron chi connectivity index (χ0n) is 19.9. The Morgan fingerprint density at radius 1 is 0.838 bits per heavy atom. The smallest absolute Gasteiger partial charge is 0.269 e. The van der Waals surface area contributed by atoms with Crippen molar-refractivity contribution in [2.45, 2.75) is 11.3 Å². The molecule has 1 aromatic heterocycles. The minimum absolute atomic E-state index is 0.0475. The fourth-order valence-corrected chi connectivity index (χ4v) is 4.22. The number of ether oxygens (including phenoxy) is 1. The standard InChI is InChI=1S/C25H25ClN4O6S/c1-36-15-14-28-25(33)22-11-6-19(16-29-22)24(32)30-37(34,35)21-9-4-18(5-10-21)23(31)27-13-12-17-2-7-20(26)8-3-17/h2-11,16H,12-15H2,1H3,(H,27,31)(H,28,33)(H,30,32). The van der Waals surface area contributed by atoms with Crippen molar-refractivity contribution in [3.63, 3.8) is 0 Å². The molecule has 0 saturated carbocycles. The molecular formula is C25H25ClN4O6S. The third kappa shape index (κ3) is 8.10. The topological polar surface area (TPSA) is 144 Å². The Morgan fingerprint density at radius 3 is 2.11 bits per heavy atom. The Hall–Kier alpha value is -3.80. The summed E-state index contributed by atoms with van der Waals surface area (Å²) in [5, 5.41) is 5.98. The van der Waals surface area contributed by atoms with Crippen LogP contribution in [-0.2, 0) is 21.2 Å². The second kappa shape index (κ2) is 12.9. The highest BCUT2D eigenvalue weighted by Crippen LogP contribution is 2.13. The van der Waals surface area contributed by atoms with Gasteiger partial charge >= 0.3 is 0 Å². The summed E-state index contributed by atoms with van der Waals surface area (Å²) in [6, 6.07) is 15.1. The van der Waals surface area contributed by atoms with Gasteiger partial charge in [-0.15, -0.1) is 0 Å². The first-order chi connectivity index (χ1) is 17.7. The summed E-state index contributed by atoms with van der Waals surface area (Å²) in [6.45, 7) is 1.01. The van der Waals surface area contributed by atoms with E-state index in [-0.39, 0.29) is 27.6 Å². The van der Waals surface area contributed by atoms with Gasteiger partial charge in [0.05, 0.1) is 17.1 Å². The zero-order valence-corrected chi connectivity index (χ0v) is 21.4. The molecule has 0 aliphatic rings. The number of pyridine rings is 1. The third-order valence-electron chi connectivity index (χ3n) is 5.12. The summed E-state index contributed by atoms with van der Waals surface area (Å²) < 4.78 is 32.1. The van der Waals surface area contributed by atoms with Gasteiger partial charge in [0.1, 0.15) is 5.69 Å². The summed E-state index contributed by atoms with van der Waals surface area (Å²) in [4.78, 5) is 40.5. The van der Waals surface area contributed by atoms with E-state index in [9.17, 15) is 22.8 Å². The normalized spacial score (nSPS) is 11.0. The van der Waals surface area contributed by atoms with E-state index >= 15 is 0 Å². The van der Waals surface area contributed by atoms with Gasteiger partial charge in [0, 0.05) is 37.0 Å². The van der Waals surface area contributed by atoms with Crippen LogP contribution in [0.25, 0.3) is 0 Å². The SMILES string of the molecule is COCCNC(=O)c1ccc(C(=O)NS(=O)(=O)c2ccc(C(=O)NCCc3ccc(Cl)cc3)cc2)cn1. The van der Waals surface area contributed by atoms with Gasteiger partial charge in [-0.1, -0.05) is 23.7 Å². The predicted molar refractivity (Wildman–Crippen MR) is 137 cm³/mol. The molecule has 0 aliphatic carbocycles. The summed E-state index contributed by atoms with van der Waals surface area (Å²) in [7, 11) is -2.71. The third-order valence-corrected chi connectivity index (χ3v) is 6.72. The summed E-state index contributed by atoms with van der Waals surface area (Å²) in [5.74, 6) is -1.73. The van der Waals surface area contributed by atoms with Crippen molar-refractivity contribution in [1.82, 2.24) is 20.3 Å². The second-order valence-electron chi connectivity index (χ2n) is 7.77. The maximum absolute atomic E-state index is 12.6. The minimum atomic E-state index is -4.21. The lowest BCUT2D eigenvalue weighted by atomic mass is 10.1. The molecule has 0 atom stereocenters. The van der Waals surface area contributed by atoms with E-state index in [0.29, 0.717) is 31.1 Å². The number of nitrogens with zero attached hydrogens (tertiary/aromatic N) is 1. The molecule has 0 radical (unpaired) electrons. The van der Waals surface area contributed by atoms with Gasteiger partial charge in [-0.25, -0.2) is 13.1 Å². The number of rotatable bonds is 11. The van der Waals surface area contributed by atoms with Gasteiger partial charge in [-0.3, -0.25) is 19.4 Å². The molecule has 0 fully saturated rings. The van der Waals surface area contributed by atoms with E-state index in [0.717, 1.165) is 11.8 Å². The number of amides is 3. The number of carbonyl (C=O) groups excluding carboxylic acids is 3. The van der Waals surface area contributed by atoms with Crippen molar-refractivity contribution in [1.29, 1.82) is 0 Å². The first-order valence-electron chi connectivity index (χ1n) is 11.1. The highest BCUT2D eigenvalue weighted by atomic mass is 35.5. The molecule has 0 spiro atoms. The molecule has 12 heteroatoms. The summed E-state index contributed by atoms with van der Waals surface area (Å²) in [6.07, 6.45) is 1.71. The number of aromatic nitrogens is 1. The number of sulfonamides is 1. The molecule has 0 saturated heterocycles. The van der Waals surface area contributed by atoms with E-state index in [1.807, 2.05) is 16.9 Å². The molecule has 37 heavy (non-hydrogen) atoms. The van der Waals surface area contributed by atoms with E-state index < -0.39 is 21.8 Å². The van der Waals surface area contributed by atoms with E-state index in [1.54, 1.807) is 12.1 Å². The molecule has 0 unspecified atom stereocenters. The maximum atomic E-state index is 12.6. The van der Waals surface area contributed by atoms with Crippen LogP contribution in [0.1, 0.15) is 36.8 Å². The molecular weight excluding hydrogens is 520 g/mol. The molecule has 10 nitrogen and oxygen atoms in total. The Bertz CT molecular complexity index is 1350. The minimum Gasteiger partial charge on any atom is -0.383 e. The van der Waals surface area contributed by atoms with Gasteiger partial charge in [-0.05, 0) is 60.5 Å². The Morgan fingerprint density at radius 2 is 1.49 bits per heavy atom. The number of hydrogen-bond donors (Lipinski definition) is 3. The van der Waals surface area contributed by atoms with E-state index in [4.69, 9.17) is 16.3 Å². The number of hydrogen-bond acceptors (Lipinski definition) is 7. The molecule has 2 aromatic carbocycles. The predicted octanol–water partition coefficient (Wildman–Crippen LogP) is 2.20. The number of benzene rings is 2. The highest BCUT2D eigenvalue weighted by Gasteiger charge is 2.20. The molecule has 3 amide bonds. The van der Waals surface area contributed by atoms with Crippen LogP contribution >= 0.6 is 11.6 Å². The van der Waals surface area contributed by atoms with Crippen molar-refractivity contribution < 1.29 is 27.5 Å². The number of methoxy groups -OCH3 is 1. The lowest BCUT2D eigenvalue weighted by molar-refractivity contribution is 0.0927. The largest absolute Gasteiger partial charge is 0.383 e. The van der Waals surface area contributed by atoms with Crippen LogP contribution in [0.3, 0.4) is 0 Å². The highest BCUT2D eigenvalue weighted by molar-refractivity contribution is 7.90. The van der Waals surface area contributed by atoms with Crippen molar-refractivity contribution in [3.05, 3.63) is 94.3 Å². The lowest BCUT2D eigenvalue weighted by Gasteiger charge is -2.09. The number of nitrogens with one attached hydrogen (secondary N) is 3. The van der Waals surface area contributed by atoms with Crippen molar-refractivity contribution in [2.75, 3.05) is 26.8 Å². The summed E-state index contributed by atoms with van der Waals surface area (Å²) in [5.41, 5.74) is 1.30. The maximum Gasteiger partial charge on any atom is 0.269 e. The Balaban J connectivity index is 1.55. The first-order valence-corrected chi connectivity index (χ1v) is 13.0. The molecule has 1 heterocycles. The molecule has 0 bridgehead atoms. The van der Waals surface area contributed by atoms with Crippen LogP contribution in [0.2, 0.25) is 5.02 Å². The fraction of sp³-hybridized carbons (Fsp3) is 0.200. The van der Waals surface area contributed by atoms with Gasteiger partial charge in [0.15, 0.2) is 0 Å². The monoisotopic (exact) mass is 544 g/mol. The van der Waals surface area contributed by atoms with Crippen LogP contribution in [0.5, 0.6) is 0 Å². The van der Waals surface area contributed by atoms with Gasteiger partial charge in [0.25, 0.3) is 27.7 Å². The molecule has 0 aliphatic heterocycles. The van der Waals surface area contributed by atoms with Crippen molar-refractivity contribution in [3.8, 4) is 0 Å². The van der Waals surface area contributed by atoms with Crippen LogP contribution in [0.15, 0.2) is 71.8 Å². The fourth-order valence-electron chi connectivity index (χ4n) is 3.12. The Labute approximate surface area is 219 Å². The first kappa shape index (κ1) is 27.8. The number of halogens is 1. The average Bonchev–Trinajstić information content (AvgIpc) is 2.89. The van der Waals surface area contributed by atoms with E-state index in [2.05, 4.69) is 15.6 Å². The number of carbonyl (C=O) groups is 3. The second-order valence-corrected chi connectivity index (χ2v) is 9.89.